The molecule has 1 heterocycles. The van der Waals surface area contributed by atoms with Crippen LogP contribution in [0.2, 0.25) is 5.02 Å². The second-order valence-electron chi connectivity index (χ2n) is 5.79. The van der Waals surface area contributed by atoms with Gasteiger partial charge in [-0.2, -0.15) is 0 Å². The second kappa shape index (κ2) is 7.59. The minimum absolute atomic E-state index is 0.0647. The molecule has 136 valence electrons. The lowest BCUT2D eigenvalue weighted by molar-refractivity contribution is -0.384. The predicted octanol–water partition coefficient (Wildman–Crippen LogP) is 4.11. The highest BCUT2D eigenvalue weighted by molar-refractivity contribution is 9.10. The van der Waals surface area contributed by atoms with Gasteiger partial charge in [0.2, 0.25) is 0 Å². The van der Waals surface area contributed by atoms with Crippen molar-refractivity contribution in [2.45, 2.75) is 0 Å². The van der Waals surface area contributed by atoms with E-state index in [1.807, 2.05) is 4.90 Å². The molecule has 9 heteroatoms. The van der Waals surface area contributed by atoms with Crippen molar-refractivity contribution in [3.8, 4) is 0 Å². The third kappa shape index (κ3) is 3.81. The molecule has 1 aliphatic heterocycles. The number of nitrogens with zero attached hydrogens (tertiary/aromatic N) is 3. The van der Waals surface area contributed by atoms with E-state index in [2.05, 4.69) is 15.9 Å². The maximum Gasteiger partial charge on any atom is 0.294 e. The van der Waals surface area contributed by atoms with Gasteiger partial charge in [-0.15, -0.1) is 0 Å². The van der Waals surface area contributed by atoms with Crippen LogP contribution < -0.4 is 4.90 Å². The van der Waals surface area contributed by atoms with Gasteiger partial charge in [0, 0.05) is 41.7 Å². The molecule has 1 aliphatic rings. The molecule has 0 spiro atoms. The number of carbonyl (C=O) groups is 1. The topological polar surface area (TPSA) is 66.7 Å². The average Bonchev–Trinajstić information content (AvgIpc) is 2.63. The monoisotopic (exact) mass is 441 g/mol. The Morgan fingerprint density at radius 3 is 2.50 bits per heavy atom. The molecular formula is C17H14BrClFN3O3. The highest BCUT2D eigenvalue weighted by Crippen LogP contribution is 2.32. The summed E-state index contributed by atoms with van der Waals surface area (Å²) in [6.07, 6.45) is 0. The van der Waals surface area contributed by atoms with Gasteiger partial charge < -0.3 is 9.80 Å². The Hall–Kier alpha value is -2.19. The van der Waals surface area contributed by atoms with E-state index < -0.39 is 10.7 Å². The smallest absolute Gasteiger partial charge is 0.294 e. The lowest BCUT2D eigenvalue weighted by atomic mass is 10.1. The zero-order chi connectivity index (χ0) is 18.8. The number of hydrogen-bond donors (Lipinski definition) is 0. The first-order chi connectivity index (χ1) is 12.4. The zero-order valence-corrected chi connectivity index (χ0v) is 15.8. The van der Waals surface area contributed by atoms with Gasteiger partial charge in [0.15, 0.2) is 0 Å². The third-order valence-corrected chi connectivity index (χ3v) is 5.13. The number of piperazine rings is 1. The van der Waals surface area contributed by atoms with Crippen molar-refractivity contribution in [1.82, 2.24) is 4.90 Å². The van der Waals surface area contributed by atoms with Gasteiger partial charge in [-0.05, 0) is 46.3 Å². The van der Waals surface area contributed by atoms with Crippen LogP contribution in [0.25, 0.3) is 0 Å². The minimum Gasteiger partial charge on any atom is -0.362 e. The van der Waals surface area contributed by atoms with Crippen molar-refractivity contribution in [3.05, 3.63) is 67.4 Å². The minimum atomic E-state index is -0.480. The summed E-state index contributed by atoms with van der Waals surface area (Å²) in [6, 6.07) is 8.50. The van der Waals surface area contributed by atoms with E-state index >= 15 is 0 Å². The largest absolute Gasteiger partial charge is 0.362 e. The predicted molar refractivity (Wildman–Crippen MR) is 100 cm³/mol. The fourth-order valence-corrected chi connectivity index (χ4v) is 3.47. The first kappa shape index (κ1) is 18.6. The number of carbonyl (C=O) groups excluding carboxylic acids is 1. The molecule has 0 unspecified atom stereocenters. The molecule has 6 nitrogen and oxygen atoms in total. The number of nitro benzene ring substituents is 1. The summed E-state index contributed by atoms with van der Waals surface area (Å²) in [5.74, 6) is -0.756. The molecule has 0 radical (unpaired) electrons. The van der Waals surface area contributed by atoms with E-state index in [0.717, 1.165) is 0 Å². The molecule has 1 fully saturated rings. The molecule has 0 N–H and O–H groups in total. The quantitative estimate of drug-likeness (QED) is 0.530. The molecule has 0 atom stereocenters. The van der Waals surface area contributed by atoms with E-state index in [1.54, 1.807) is 17.0 Å². The highest BCUT2D eigenvalue weighted by atomic mass is 79.9. The van der Waals surface area contributed by atoms with Crippen LogP contribution in [-0.4, -0.2) is 41.9 Å². The summed E-state index contributed by atoms with van der Waals surface area (Å²) in [6.45, 7) is 1.62. The van der Waals surface area contributed by atoms with Gasteiger partial charge in [-0.25, -0.2) is 4.39 Å². The van der Waals surface area contributed by atoms with Gasteiger partial charge >= 0.3 is 0 Å². The van der Waals surface area contributed by atoms with Crippen LogP contribution in [0.4, 0.5) is 15.8 Å². The maximum absolute atomic E-state index is 13.4. The molecule has 0 aromatic heterocycles. The van der Waals surface area contributed by atoms with E-state index in [1.165, 1.54) is 24.3 Å². The number of rotatable bonds is 3. The Kier molecular flexibility index (Phi) is 5.43. The van der Waals surface area contributed by atoms with Crippen molar-refractivity contribution >= 4 is 44.8 Å². The van der Waals surface area contributed by atoms with Gasteiger partial charge in [-0.1, -0.05) is 11.6 Å². The Morgan fingerprint density at radius 2 is 1.85 bits per heavy atom. The standard InChI is InChI=1S/C17H14BrClFN3O3/c18-14-3-2-12(20)10-13(14)17(24)22-7-5-21(6-8-22)15-4-1-11(19)9-16(15)23(25)26/h1-4,9-10H,5-8H2. The maximum atomic E-state index is 13.4. The molecule has 2 aromatic carbocycles. The molecule has 0 aliphatic carbocycles. The van der Waals surface area contributed by atoms with Crippen LogP contribution >= 0.6 is 27.5 Å². The van der Waals surface area contributed by atoms with Gasteiger partial charge in [-0.3, -0.25) is 14.9 Å². The SMILES string of the molecule is O=C(c1cc(F)ccc1Br)N1CCN(c2ccc(Cl)cc2[N+](=O)[O-])CC1. The lowest BCUT2D eigenvalue weighted by Crippen LogP contribution is -2.49. The number of anilines is 1. The van der Waals surface area contributed by atoms with Crippen LogP contribution in [0, 0.1) is 15.9 Å². The Bertz CT molecular complexity index is 872. The Morgan fingerprint density at radius 1 is 1.15 bits per heavy atom. The number of hydrogen-bond acceptors (Lipinski definition) is 4. The highest BCUT2D eigenvalue weighted by Gasteiger charge is 2.27. The van der Waals surface area contributed by atoms with Gasteiger partial charge in [0.1, 0.15) is 11.5 Å². The fraction of sp³-hybridized carbons (Fsp3) is 0.235. The molecule has 2 aromatic rings. The van der Waals surface area contributed by atoms with Crippen LogP contribution in [0.3, 0.4) is 0 Å². The van der Waals surface area contributed by atoms with Crippen molar-refractivity contribution in [2.75, 3.05) is 31.1 Å². The molecular weight excluding hydrogens is 429 g/mol. The number of benzene rings is 2. The molecule has 0 saturated carbocycles. The van der Waals surface area contributed by atoms with E-state index in [4.69, 9.17) is 11.6 Å². The normalized spacial score (nSPS) is 14.4. The number of nitro groups is 1. The molecule has 3 rings (SSSR count). The number of amides is 1. The van der Waals surface area contributed by atoms with Crippen molar-refractivity contribution < 1.29 is 14.1 Å². The summed E-state index contributed by atoms with van der Waals surface area (Å²) in [5.41, 5.74) is 0.666. The molecule has 0 bridgehead atoms. The first-order valence-electron chi connectivity index (χ1n) is 7.80. The van der Waals surface area contributed by atoms with Gasteiger partial charge in [0.05, 0.1) is 10.5 Å². The Labute approximate surface area is 162 Å². The van der Waals surface area contributed by atoms with Crippen LogP contribution in [0.5, 0.6) is 0 Å². The summed E-state index contributed by atoms with van der Waals surface area (Å²) in [7, 11) is 0. The van der Waals surface area contributed by atoms with E-state index in [-0.39, 0.29) is 17.2 Å². The van der Waals surface area contributed by atoms with E-state index in [0.29, 0.717) is 41.4 Å². The molecule has 1 saturated heterocycles. The van der Waals surface area contributed by atoms with Crippen LogP contribution in [-0.2, 0) is 0 Å². The fourth-order valence-electron chi connectivity index (χ4n) is 2.89. The molecule has 26 heavy (non-hydrogen) atoms. The summed E-state index contributed by atoms with van der Waals surface area (Å²) >= 11 is 9.12. The van der Waals surface area contributed by atoms with Crippen LogP contribution in [0.15, 0.2) is 40.9 Å². The molecule has 1 amide bonds. The van der Waals surface area contributed by atoms with E-state index in [9.17, 15) is 19.3 Å². The summed E-state index contributed by atoms with van der Waals surface area (Å²) in [4.78, 5) is 26.9. The van der Waals surface area contributed by atoms with Gasteiger partial charge in [0.25, 0.3) is 11.6 Å². The van der Waals surface area contributed by atoms with Crippen molar-refractivity contribution in [1.29, 1.82) is 0 Å². The Balaban J connectivity index is 1.75. The third-order valence-electron chi connectivity index (χ3n) is 4.20. The summed E-state index contributed by atoms with van der Waals surface area (Å²) in [5, 5.41) is 11.6. The first-order valence-corrected chi connectivity index (χ1v) is 8.97. The average molecular weight is 443 g/mol. The second-order valence-corrected chi connectivity index (χ2v) is 7.08. The summed E-state index contributed by atoms with van der Waals surface area (Å²) < 4.78 is 14.0. The van der Waals surface area contributed by atoms with Crippen molar-refractivity contribution in [2.24, 2.45) is 0 Å². The van der Waals surface area contributed by atoms with Crippen molar-refractivity contribution in [3.63, 3.8) is 0 Å². The lowest BCUT2D eigenvalue weighted by Gasteiger charge is -2.36. The number of halogens is 3. The van der Waals surface area contributed by atoms with Crippen LogP contribution in [0.1, 0.15) is 10.4 Å². The zero-order valence-electron chi connectivity index (χ0n) is 13.5.